The van der Waals surface area contributed by atoms with Gasteiger partial charge in [-0.2, -0.15) is 5.10 Å². The van der Waals surface area contributed by atoms with Crippen LogP contribution in [-0.4, -0.2) is 63.2 Å². The summed E-state index contributed by atoms with van der Waals surface area (Å²) < 4.78 is 7.93. The molecule has 1 aliphatic rings. The summed E-state index contributed by atoms with van der Waals surface area (Å²) in [4.78, 5) is 30.2. The minimum atomic E-state index is -0.304. The lowest BCUT2D eigenvalue weighted by atomic mass is 10.1. The van der Waals surface area contributed by atoms with Gasteiger partial charge < -0.3 is 24.8 Å². The fraction of sp³-hybridized carbons (Fsp3) is 0.323. The number of H-pyrrole nitrogens is 1. The number of rotatable bonds is 9. The lowest BCUT2D eigenvalue weighted by molar-refractivity contribution is -0.127. The Hall–Kier alpha value is -4.37. The fourth-order valence-corrected chi connectivity index (χ4v) is 5.34. The molecule has 1 atom stereocenters. The Morgan fingerprint density at radius 3 is 2.58 bits per heavy atom. The van der Waals surface area contributed by atoms with Gasteiger partial charge in [-0.3, -0.25) is 9.59 Å². The van der Waals surface area contributed by atoms with Crippen LogP contribution < -0.4 is 16.0 Å². The molecule has 0 radical (unpaired) electrons. The highest BCUT2D eigenvalue weighted by Gasteiger charge is 2.27. The number of likely N-dealkylation sites (N-methyl/N-ethyl adjacent to an activating group) is 1. The number of nitrogens with two attached hydrogens (primary N) is 1. The third-order valence-corrected chi connectivity index (χ3v) is 7.55. The van der Waals surface area contributed by atoms with Gasteiger partial charge in [0.1, 0.15) is 17.0 Å². The van der Waals surface area contributed by atoms with E-state index in [9.17, 15) is 9.59 Å². The molecule has 1 aliphatic heterocycles. The number of para-hydroxylation sites is 1. The van der Waals surface area contributed by atoms with Crippen molar-refractivity contribution < 1.29 is 9.53 Å². The van der Waals surface area contributed by atoms with Gasteiger partial charge in [0.05, 0.1) is 11.4 Å². The summed E-state index contributed by atoms with van der Waals surface area (Å²) in [5.41, 5.74) is 8.20. The summed E-state index contributed by atoms with van der Waals surface area (Å²) in [5.74, 6) is 1.72. The van der Waals surface area contributed by atoms with Crippen LogP contribution in [0.1, 0.15) is 32.7 Å². The second kappa shape index (κ2) is 12.2. The number of carbonyl (C=O) groups excluding carboxylic acids is 1. The van der Waals surface area contributed by atoms with E-state index in [1.54, 1.807) is 6.08 Å². The molecule has 0 spiro atoms. The molecule has 0 saturated carbocycles. The Labute approximate surface area is 233 Å². The molecule has 1 fully saturated rings. The maximum atomic E-state index is 13.1. The van der Waals surface area contributed by atoms with Crippen molar-refractivity contribution in [3.63, 3.8) is 0 Å². The quantitative estimate of drug-likeness (QED) is 0.295. The van der Waals surface area contributed by atoms with Crippen molar-refractivity contribution in [3.8, 4) is 22.6 Å². The molecule has 4 aromatic rings. The van der Waals surface area contributed by atoms with Gasteiger partial charge in [-0.25, -0.2) is 5.10 Å². The maximum Gasteiger partial charge on any atom is 0.288 e. The van der Waals surface area contributed by atoms with E-state index in [1.165, 1.54) is 0 Å². The Bertz CT molecular complexity index is 1540. The van der Waals surface area contributed by atoms with Crippen molar-refractivity contribution >= 4 is 22.6 Å². The highest BCUT2D eigenvalue weighted by atomic mass is 16.5. The average Bonchev–Trinajstić information content (AvgIpc) is 3.40. The molecule has 2 aromatic carbocycles. The molecule has 3 N–H and O–H groups in total. The molecule has 0 aliphatic carbocycles. The molecular formula is C31H36N6O3. The van der Waals surface area contributed by atoms with E-state index < -0.39 is 0 Å². The SMILES string of the molecule is CCN(CC)CC=CC(=O)N1CCC[C@@H](n2cc(-c3ccc(Oc4ccccc4)cc3)c3c(N)n[nH]c(=O)c32)C1. The van der Waals surface area contributed by atoms with Crippen LogP contribution in [0, 0.1) is 0 Å². The molecule has 208 valence electrons. The summed E-state index contributed by atoms with van der Waals surface area (Å²) in [6.07, 6.45) is 7.28. The minimum absolute atomic E-state index is 0.00219. The second-order valence-corrected chi connectivity index (χ2v) is 10.0. The highest BCUT2D eigenvalue weighted by Crippen LogP contribution is 2.36. The monoisotopic (exact) mass is 540 g/mol. The second-order valence-electron chi connectivity index (χ2n) is 10.0. The molecule has 5 rings (SSSR count). The van der Waals surface area contributed by atoms with Crippen LogP contribution in [0.4, 0.5) is 5.82 Å². The van der Waals surface area contributed by atoms with Gasteiger partial charge in [-0.15, -0.1) is 0 Å². The van der Waals surface area contributed by atoms with Crippen molar-refractivity contribution in [3.05, 3.63) is 83.3 Å². The fourth-order valence-electron chi connectivity index (χ4n) is 5.34. The normalized spacial score (nSPS) is 15.8. The van der Waals surface area contributed by atoms with E-state index in [0.29, 0.717) is 29.7 Å². The zero-order valence-electron chi connectivity index (χ0n) is 23.0. The number of ether oxygens (including phenoxy) is 1. The number of carbonyl (C=O) groups is 1. The zero-order chi connectivity index (χ0) is 28.1. The zero-order valence-corrected chi connectivity index (χ0v) is 23.0. The first-order valence-electron chi connectivity index (χ1n) is 13.9. The highest BCUT2D eigenvalue weighted by molar-refractivity contribution is 6.02. The van der Waals surface area contributed by atoms with Crippen molar-refractivity contribution in [1.29, 1.82) is 0 Å². The summed E-state index contributed by atoms with van der Waals surface area (Å²) in [6.45, 7) is 8.07. The Kier molecular flexibility index (Phi) is 8.31. The first-order valence-corrected chi connectivity index (χ1v) is 13.9. The molecule has 2 aromatic heterocycles. The summed E-state index contributed by atoms with van der Waals surface area (Å²) in [6, 6.07) is 17.2. The molecule has 9 nitrogen and oxygen atoms in total. The smallest absolute Gasteiger partial charge is 0.288 e. The number of fused-ring (bicyclic) bond motifs is 1. The van der Waals surface area contributed by atoms with Crippen LogP contribution in [0.2, 0.25) is 0 Å². The molecular weight excluding hydrogens is 504 g/mol. The predicted molar refractivity (Wildman–Crippen MR) is 158 cm³/mol. The lowest BCUT2D eigenvalue weighted by Gasteiger charge is -2.33. The van der Waals surface area contributed by atoms with E-state index in [4.69, 9.17) is 10.5 Å². The summed E-state index contributed by atoms with van der Waals surface area (Å²) >= 11 is 0. The molecule has 0 bridgehead atoms. The van der Waals surface area contributed by atoms with Gasteiger partial charge in [0.25, 0.3) is 5.56 Å². The van der Waals surface area contributed by atoms with Gasteiger partial charge in [0, 0.05) is 37.5 Å². The average molecular weight is 541 g/mol. The molecule has 1 amide bonds. The number of likely N-dealkylation sites (tertiary alicyclic amines) is 1. The number of amides is 1. The molecule has 40 heavy (non-hydrogen) atoms. The van der Waals surface area contributed by atoms with Crippen LogP contribution in [0.15, 0.2) is 77.7 Å². The van der Waals surface area contributed by atoms with E-state index in [-0.39, 0.29) is 23.3 Å². The predicted octanol–water partition coefficient (Wildman–Crippen LogP) is 4.83. The third kappa shape index (κ3) is 5.79. The van der Waals surface area contributed by atoms with Crippen molar-refractivity contribution in [1.82, 2.24) is 24.6 Å². The number of piperidine rings is 1. The minimum Gasteiger partial charge on any atom is -0.457 e. The Morgan fingerprint density at radius 1 is 1.12 bits per heavy atom. The molecule has 0 unspecified atom stereocenters. The Morgan fingerprint density at radius 2 is 1.85 bits per heavy atom. The van der Waals surface area contributed by atoms with E-state index in [0.717, 1.165) is 49.4 Å². The number of benzene rings is 2. The Balaban J connectivity index is 1.42. The topological polar surface area (TPSA) is 109 Å². The van der Waals surface area contributed by atoms with Gasteiger partial charge in [0.2, 0.25) is 5.91 Å². The molecule has 1 saturated heterocycles. The van der Waals surface area contributed by atoms with Crippen LogP contribution in [0.25, 0.3) is 22.0 Å². The largest absolute Gasteiger partial charge is 0.457 e. The number of nitrogens with zero attached hydrogens (tertiary/aromatic N) is 4. The van der Waals surface area contributed by atoms with E-state index in [2.05, 4.69) is 28.9 Å². The van der Waals surface area contributed by atoms with Gasteiger partial charge >= 0.3 is 0 Å². The number of nitrogen functional groups attached to an aromatic ring is 1. The molecule has 9 heteroatoms. The van der Waals surface area contributed by atoms with Gasteiger partial charge in [-0.05, 0) is 55.8 Å². The number of hydrogen-bond acceptors (Lipinski definition) is 6. The van der Waals surface area contributed by atoms with Crippen LogP contribution in [0.3, 0.4) is 0 Å². The van der Waals surface area contributed by atoms with Crippen LogP contribution in [-0.2, 0) is 4.79 Å². The van der Waals surface area contributed by atoms with Crippen molar-refractivity contribution in [2.24, 2.45) is 0 Å². The summed E-state index contributed by atoms with van der Waals surface area (Å²) in [7, 11) is 0. The number of aromatic nitrogens is 3. The van der Waals surface area contributed by atoms with E-state index >= 15 is 0 Å². The van der Waals surface area contributed by atoms with E-state index in [1.807, 2.05) is 76.3 Å². The van der Waals surface area contributed by atoms with Crippen molar-refractivity contribution in [2.45, 2.75) is 32.7 Å². The standard InChI is InChI=1S/C31H36N6O3/c1-3-35(4-2)18-9-13-27(38)36-19-8-10-23(20-36)37-21-26(28-29(37)31(39)34-33-30(28)32)22-14-16-25(17-15-22)40-24-11-6-5-7-12-24/h5-7,9,11-17,21,23H,3-4,8,10,18-20H2,1-2H3,(H2,32,33)(H,34,39)/t23-/m1/s1. The number of hydrogen-bond donors (Lipinski definition) is 2. The lowest BCUT2D eigenvalue weighted by Crippen LogP contribution is -2.40. The maximum absolute atomic E-state index is 13.1. The first kappa shape index (κ1) is 27.2. The number of nitrogens with one attached hydrogen (secondary N) is 1. The van der Waals surface area contributed by atoms with Crippen molar-refractivity contribution in [2.75, 3.05) is 38.5 Å². The first-order chi connectivity index (χ1) is 19.5. The summed E-state index contributed by atoms with van der Waals surface area (Å²) in [5, 5.41) is 7.21. The van der Waals surface area contributed by atoms with Gasteiger partial charge in [-0.1, -0.05) is 50.3 Å². The van der Waals surface area contributed by atoms with Crippen LogP contribution in [0.5, 0.6) is 11.5 Å². The number of anilines is 1. The van der Waals surface area contributed by atoms with Gasteiger partial charge in [0.15, 0.2) is 5.82 Å². The third-order valence-electron chi connectivity index (χ3n) is 7.55. The molecule has 3 heterocycles. The van der Waals surface area contributed by atoms with Crippen LogP contribution >= 0.6 is 0 Å². The number of aromatic amines is 1.